The first-order valence-corrected chi connectivity index (χ1v) is 6.22. The van der Waals surface area contributed by atoms with Crippen LogP contribution >= 0.6 is 11.6 Å². The molecule has 0 aliphatic heterocycles. The summed E-state index contributed by atoms with van der Waals surface area (Å²) >= 11 is 5.99. The molecule has 2 nitrogen and oxygen atoms in total. The maximum Gasteiger partial charge on any atom is 0.124 e. The highest BCUT2D eigenvalue weighted by atomic mass is 35.5. The molecule has 0 aliphatic rings. The van der Waals surface area contributed by atoms with E-state index < -0.39 is 6.10 Å². The second-order valence-corrected chi connectivity index (χ2v) is 4.79. The van der Waals surface area contributed by atoms with Gasteiger partial charge in [0.15, 0.2) is 0 Å². The predicted octanol–water partition coefficient (Wildman–Crippen LogP) is 2.93. The topological polar surface area (TPSA) is 46.2 Å². The first-order valence-electron chi connectivity index (χ1n) is 5.84. The van der Waals surface area contributed by atoms with E-state index in [1.807, 2.05) is 13.8 Å². The van der Waals surface area contributed by atoms with E-state index in [4.69, 9.17) is 17.3 Å². The van der Waals surface area contributed by atoms with Gasteiger partial charge in [0.25, 0.3) is 0 Å². The lowest BCUT2D eigenvalue weighted by molar-refractivity contribution is 0.0886. The third kappa shape index (κ3) is 3.41. The monoisotopic (exact) mass is 259 g/mol. The van der Waals surface area contributed by atoms with Crippen molar-refractivity contribution in [3.8, 4) is 0 Å². The van der Waals surface area contributed by atoms with Crippen molar-refractivity contribution in [1.29, 1.82) is 0 Å². The fourth-order valence-electron chi connectivity index (χ4n) is 1.89. The maximum absolute atomic E-state index is 13.0. The summed E-state index contributed by atoms with van der Waals surface area (Å²) in [5.41, 5.74) is 6.40. The van der Waals surface area contributed by atoms with Crippen LogP contribution in [0.4, 0.5) is 4.39 Å². The second-order valence-electron chi connectivity index (χ2n) is 4.38. The van der Waals surface area contributed by atoms with Gasteiger partial charge in [-0.15, -0.1) is 0 Å². The van der Waals surface area contributed by atoms with E-state index in [2.05, 4.69) is 0 Å². The first kappa shape index (κ1) is 14.4. The van der Waals surface area contributed by atoms with Crippen molar-refractivity contribution in [2.45, 2.75) is 32.3 Å². The Morgan fingerprint density at radius 2 is 2.12 bits per heavy atom. The standard InChI is InChI=1S/C13H19ClFNO/c1-3-8(2)13(17)11(7-16)10-5-4-9(15)6-12(10)14/h4-6,8,11,13,17H,3,7,16H2,1-2H3. The fourth-order valence-corrected chi connectivity index (χ4v) is 2.20. The summed E-state index contributed by atoms with van der Waals surface area (Å²) in [7, 11) is 0. The number of aliphatic hydroxyl groups excluding tert-OH is 1. The van der Waals surface area contributed by atoms with Gasteiger partial charge in [0.05, 0.1) is 6.10 Å². The molecule has 3 atom stereocenters. The van der Waals surface area contributed by atoms with Crippen LogP contribution in [0.3, 0.4) is 0 Å². The van der Waals surface area contributed by atoms with Crippen LogP contribution in [0.1, 0.15) is 31.7 Å². The van der Waals surface area contributed by atoms with Crippen molar-refractivity contribution in [2.24, 2.45) is 11.7 Å². The number of hydrogen-bond acceptors (Lipinski definition) is 2. The summed E-state index contributed by atoms with van der Waals surface area (Å²) in [5.74, 6) is -0.504. The number of aliphatic hydroxyl groups is 1. The number of benzene rings is 1. The van der Waals surface area contributed by atoms with Gasteiger partial charge >= 0.3 is 0 Å². The largest absolute Gasteiger partial charge is 0.392 e. The van der Waals surface area contributed by atoms with E-state index >= 15 is 0 Å². The first-order chi connectivity index (χ1) is 8.01. The van der Waals surface area contributed by atoms with E-state index in [0.717, 1.165) is 6.42 Å². The van der Waals surface area contributed by atoms with Gasteiger partial charge in [-0.25, -0.2) is 4.39 Å². The van der Waals surface area contributed by atoms with Gasteiger partial charge in [0, 0.05) is 17.5 Å². The normalized spacial score (nSPS) is 16.6. The molecule has 0 aliphatic carbocycles. The molecule has 0 bridgehead atoms. The Morgan fingerprint density at radius 3 is 2.59 bits per heavy atom. The van der Waals surface area contributed by atoms with Crippen LogP contribution in [0.15, 0.2) is 18.2 Å². The van der Waals surface area contributed by atoms with Crippen molar-refractivity contribution < 1.29 is 9.50 Å². The van der Waals surface area contributed by atoms with Crippen LogP contribution in [0.2, 0.25) is 5.02 Å². The molecule has 0 heterocycles. The zero-order valence-electron chi connectivity index (χ0n) is 10.2. The number of halogens is 2. The Kier molecular flexibility index (Phi) is 5.37. The van der Waals surface area contributed by atoms with Crippen molar-refractivity contribution in [3.63, 3.8) is 0 Å². The third-order valence-corrected chi connectivity index (χ3v) is 3.58. The molecule has 0 spiro atoms. The van der Waals surface area contributed by atoms with Crippen molar-refractivity contribution in [3.05, 3.63) is 34.6 Å². The molecule has 96 valence electrons. The van der Waals surface area contributed by atoms with Gasteiger partial charge in [-0.2, -0.15) is 0 Å². The molecule has 17 heavy (non-hydrogen) atoms. The van der Waals surface area contributed by atoms with Crippen LogP contribution in [-0.4, -0.2) is 17.8 Å². The summed E-state index contributed by atoms with van der Waals surface area (Å²) in [5, 5.41) is 10.5. The minimum Gasteiger partial charge on any atom is -0.392 e. The average Bonchev–Trinajstić information content (AvgIpc) is 2.31. The van der Waals surface area contributed by atoms with E-state index in [1.54, 1.807) is 6.07 Å². The Morgan fingerprint density at radius 1 is 1.47 bits per heavy atom. The van der Waals surface area contributed by atoms with Gasteiger partial charge in [-0.3, -0.25) is 0 Å². The Labute approximate surface area is 107 Å². The summed E-state index contributed by atoms with van der Waals surface area (Å²) < 4.78 is 13.0. The van der Waals surface area contributed by atoms with Crippen molar-refractivity contribution >= 4 is 11.6 Å². The lowest BCUT2D eigenvalue weighted by atomic mass is 9.85. The second kappa shape index (κ2) is 6.34. The van der Waals surface area contributed by atoms with Gasteiger partial charge < -0.3 is 10.8 Å². The molecule has 4 heteroatoms. The molecule has 0 amide bonds. The summed E-state index contributed by atoms with van der Waals surface area (Å²) in [6, 6.07) is 4.19. The van der Waals surface area contributed by atoms with Crippen LogP contribution < -0.4 is 5.73 Å². The minimum absolute atomic E-state index is 0.129. The zero-order valence-corrected chi connectivity index (χ0v) is 10.9. The molecule has 1 aromatic rings. The lowest BCUT2D eigenvalue weighted by Crippen LogP contribution is -2.31. The van der Waals surface area contributed by atoms with E-state index in [-0.39, 0.29) is 24.2 Å². The van der Waals surface area contributed by atoms with E-state index in [0.29, 0.717) is 10.6 Å². The molecule has 3 unspecified atom stereocenters. The molecular formula is C13H19ClFNO. The number of rotatable bonds is 5. The Balaban J connectivity index is 3.01. The molecule has 1 rings (SSSR count). The highest BCUT2D eigenvalue weighted by molar-refractivity contribution is 6.31. The third-order valence-electron chi connectivity index (χ3n) is 3.26. The molecule has 0 aromatic heterocycles. The Bertz CT molecular complexity index is 372. The van der Waals surface area contributed by atoms with Crippen molar-refractivity contribution in [2.75, 3.05) is 6.54 Å². The van der Waals surface area contributed by atoms with E-state index in [9.17, 15) is 9.50 Å². The van der Waals surface area contributed by atoms with E-state index in [1.165, 1.54) is 12.1 Å². The Hall–Kier alpha value is -0.640. The summed E-state index contributed by atoms with van der Waals surface area (Å²) in [4.78, 5) is 0. The molecule has 0 saturated heterocycles. The van der Waals surface area contributed by atoms with Crippen molar-refractivity contribution in [1.82, 2.24) is 0 Å². The average molecular weight is 260 g/mol. The molecular weight excluding hydrogens is 241 g/mol. The smallest absolute Gasteiger partial charge is 0.124 e. The maximum atomic E-state index is 13.0. The summed E-state index contributed by atoms with van der Waals surface area (Å²) in [6.45, 7) is 4.26. The molecule has 0 saturated carbocycles. The molecule has 3 N–H and O–H groups in total. The van der Waals surface area contributed by atoms with Gasteiger partial charge in [-0.05, 0) is 23.6 Å². The highest BCUT2D eigenvalue weighted by Crippen LogP contribution is 2.30. The van der Waals surface area contributed by atoms with Gasteiger partial charge in [0.1, 0.15) is 5.82 Å². The molecule has 0 radical (unpaired) electrons. The predicted molar refractivity (Wildman–Crippen MR) is 68.7 cm³/mol. The SMILES string of the molecule is CCC(C)C(O)C(CN)c1ccc(F)cc1Cl. The quantitative estimate of drug-likeness (QED) is 0.854. The van der Waals surface area contributed by atoms with Gasteiger partial charge in [-0.1, -0.05) is 37.9 Å². The molecule has 0 fully saturated rings. The van der Waals surface area contributed by atoms with Crippen LogP contribution in [0.25, 0.3) is 0 Å². The highest BCUT2D eigenvalue weighted by Gasteiger charge is 2.25. The summed E-state index contributed by atoms with van der Waals surface area (Å²) in [6.07, 6.45) is 0.296. The number of nitrogens with two attached hydrogens (primary N) is 1. The number of hydrogen-bond donors (Lipinski definition) is 2. The lowest BCUT2D eigenvalue weighted by Gasteiger charge is -2.27. The van der Waals surface area contributed by atoms with Gasteiger partial charge in [0.2, 0.25) is 0 Å². The van der Waals surface area contributed by atoms with Crippen LogP contribution in [0, 0.1) is 11.7 Å². The zero-order chi connectivity index (χ0) is 13.0. The molecule has 1 aromatic carbocycles. The minimum atomic E-state index is -0.562. The van der Waals surface area contributed by atoms with Crippen LogP contribution in [0.5, 0.6) is 0 Å². The fraction of sp³-hybridized carbons (Fsp3) is 0.538. The van der Waals surface area contributed by atoms with Crippen LogP contribution in [-0.2, 0) is 0 Å².